The van der Waals surface area contributed by atoms with Gasteiger partial charge in [-0.2, -0.15) is 0 Å². The molecule has 0 saturated carbocycles. The number of anilines is 2. The number of aryl methyl sites for hydroxylation is 1. The molecule has 1 heterocycles. The smallest absolute Gasteiger partial charge is 0.102 e. The Labute approximate surface area is 128 Å². The lowest BCUT2D eigenvalue weighted by Gasteiger charge is -2.37. The van der Waals surface area contributed by atoms with E-state index < -0.39 is 0 Å². The van der Waals surface area contributed by atoms with Crippen LogP contribution in [0.5, 0.6) is 0 Å². The van der Waals surface area contributed by atoms with Gasteiger partial charge < -0.3 is 20.7 Å². The molecule has 0 aliphatic carbocycles. The normalized spacial score (nSPS) is 17.8. The second kappa shape index (κ2) is 7.66. The van der Waals surface area contributed by atoms with Crippen LogP contribution in [0.25, 0.3) is 0 Å². The van der Waals surface area contributed by atoms with E-state index in [2.05, 4.69) is 7.05 Å². The van der Waals surface area contributed by atoms with Crippen LogP contribution in [0.3, 0.4) is 0 Å². The molecule has 1 aromatic rings. The Balaban J connectivity index is 1.60. The van der Waals surface area contributed by atoms with E-state index in [1.54, 1.807) is 0 Å². The Kier molecular flexibility index (Phi) is 5.88. The summed E-state index contributed by atoms with van der Waals surface area (Å²) in [5, 5.41) is 0. The molecule has 4 heteroatoms. The number of likely N-dealkylation sites (tertiary alicyclic amines) is 1. The Morgan fingerprint density at radius 3 is 2.62 bits per heavy atom. The highest BCUT2D eigenvalue weighted by atomic mass is 16.5. The number of nitrogens with zero attached hydrogens (tertiary/aromatic N) is 1. The molecule has 4 N–H and O–H groups in total. The van der Waals surface area contributed by atoms with E-state index in [0.717, 1.165) is 49.5 Å². The molecule has 21 heavy (non-hydrogen) atoms. The highest BCUT2D eigenvalue weighted by molar-refractivity contribution is 5.55. The summed E-state index contributed by atoms with van der Waals surface area (Å²) < 4.78 is 6.99. The van der Waals surface area contributed by atoms with Gasteiger partial charge in [-0.05, 0) is 55.9 Å². The van der Waals surface area contributed by atoms with Gasteiger partial charge in [-0.25, -0.2) is 0 Å². The molecule has 0 unspecified atom stereocenters. The maximum Gasteiger partial charge on any atom is 0.102 e. The van der Waals surface area contributed by atoms with Crippen LogP contribution in [-0.4, -0.2) is 44.4 Å². The van der Waals surface area contributed by atoms with E-state index in [0.29, 0.717) is 0 Å². The van der Waals surface area contributed by atoms with Crippen molar-refractivity contribution < 1.29 is 9.22 Å². The Morgan fingerprint density at radius 1 is 1.10 bits per heavy atom. The van der Waals surface area contributed by atoms with Gasteiger partial charge >= 0.3 is 0 Å². The van der Waals surface area contributed by atoms with E-state index >= 15 is 0 Å². The van der Waals surface area contributed by atoms with Crippen molar-refractivity contribution in [3.05, 3.63) is 23.8 Å². The van der Waals surface area contributed by atoms with Gasteiger partial charge in [-0.15, -0.1) is 0 Å². The average molecular weight is 292 g/mol. The molecule has 1 fully saturated rings. The van der Waals surface area contributed by atoms with E-state index in [1.165, 1.54) is 36.8 Å². The first-order valence-corrected chi connectivity index (χ1v) is 8.14. The number of ether oxygens (including phenoxy) is 1. The number of rotatable bonds is 7. The molecule has 0 aromatic heterocycles. The van der Waals surface area contributed by atoms with Crippen molar-refractivity contribution in [3.63, 3.8) is 0 Å². The van der Waals surface area contributed by atoms with Gasteiger partial charge in [0, 0.05) is 18.0 Å². The maximum atomic E-state index is 5.95. The molecule has 0 spiro atoms. The summed E-state index contributed by atoms with van der Waals surface area (Å²) in [5.41, 5.74) is 14.5. The second-order valence-electron chi connectivity index (χ2n) is 6.53. The zero-order valence-corrected chi connectivity index (χ0v) is 13.3. The van der Waals surface area contributed by atoms with Gasteiger partial charge in [0.25, 0.3) is 0 Å². The molecule has 4 nitrogen and oxygen atoms in total. The summed E-state index contributed by atoms with van der Waals surface area (Å²) in [4.78, 5) is 0. The Morgan fingerprint density at radius 2 is 1.86 bits per heavy atom. The monoisotopic (exact) mass is 292 g/mol. The number of likely N-dealkylation sites (N-methyl/N-ethyl adjacent to an activating group) is 1. The van der Waals surface area contributed by atoms with Crippen molar-refractivity contribution in [2.24, 2.45) is 0 Å². The van der Waals surface area contributed by atoms with Crippen molar-refractivity contribution in [2.45, 2.75) is 32.1 Å². The lowest BCUT2D eigenvalue weighted by atomic mass is 10.1. The largest absolute Gasteiger partial charge is 0.399 e. The molecule has 118 valence electrons. The van der Waals surface area contributed by atoms with Gasteiger partial charge in [0.05, 0.1) is 26.7 Å². The molecule has 2 rings (SSSR count). The van der Waals surface area contributed by atoms with Crippen molar-refractivity contribution in [3.8, 4) is 0 Å². The van der Waals surface area contributed by atoms with Crippen LogP contribution in [0, 0.1) is 0 Å². The summed E-state index contributed by atoms with van der Waals surface area (Å²) in [7, 11) is 2.36. The molecule has 0 radical (unpaired) electrons. The van der Waals surface area contributed by atoms with E-state index in [-0.39, 0.29) is 0 Å². The fourth-order valence-corrected chi connectivity index (χ4v) is 3.09. The minimum Gasteiger partial charge on any atom is -0.399 e. The third-order valence-corrected chi connectivity index (χ3v) is 4.57. The lowest BCUT2D eigenvalue weighted by molar-refractivity contribution is -0.914. The fourth-order valence-electron chi connectivity index (χ4n) is 3.09. The molecule has 0 bridgehead atoms. The van der Waals surface area contributed by atoms with E-state index in [4.69, 9.17) is 16.2 Å². The molecular weight excluding hydrogens is 262 g/mol. The molecular formula is C17H30N3O+. The van der Waals surface area contributed by atoms with Crippen LogP contribution in [0.2, 0.25) is 0 Å². The molecule has 1 aromatic carbocycles. The van der Waals surface area contributed by atoms with Gasteiger partial charge in [0.2, 0.25) is 0 Å². The average Bonchev–Trinajstić information content (AvgIpc) is 2.47. The summed E-state index contributed by atoms with van der Waals surface area (Å²) in [6.45, 7) is 5.42. The number of piperidine rings is 1. The zero-order valence-electron chi connectivity index (χ0n) is 13.3. The molecule has 1 saturated heterocycles. The van der Waals surface area contributed by atoms with E-state index in [1.807, 2.05) is 18.2 Å². The van der Waals surface area contributed by atoms with Crippen LogP contribution in [0.1, 0.15) is 31.2 Å². The molecule has 0 atom stereocenters. The van der Waals surface area contributed by atoms with Crippen molar-refractivity contribution >= 4 is 11.4 Å². The number of quaternary nitrogens is 1. The van der Waals surface area contributed by atoms with Crippen LogP contribution in [0.15, 0.2) is 18.2 Å². The third-order valence-electron chi connectivity index (χ3n) is 4.57. The minimum atomic E-state index is 0.780. The van der Waals surface area contributed by atoms with Gasteiger partial charge in [-0.3, -0.25) is 0 Å². The van der Waals surface area contributed by atoms with Crippen LogP contribution in [0.4, 0.5) is 11.4 Å². The first kappa shape index (κ1) is 16.1. The predicted molar refractivity (Wildman–Crippen MR) is 89.0 cm³/mol. The molecule has 1 aliphatic heterocycles. The fraction of sp³-hybridized carbons (Fsp3) is 0.647. The Bertz CT molecular complexity index is 442. The molecule has 0 amide bonds. The number of hydrogen-bond donors (Lipinski definition) is 2. The second-order valence-corrected chi connectivity index (χ2v) is 6.53. The van der Waals surface area contributed by atoms with E-state index in [9.17, 15) is 0 Å². The molecule has 1 aliphatic rings. The maximum absolute atomic E-state index is 5.95. The number of hydrogen-bond acceptors (Lipinski definition) is 3. The summed E-state index contributed by atoms with van der Waals surface area (Å²) in [6.07, 6.45) is 6.06. The lowest BCUT2D eigenvalue weighted by Crippen LogP contribution is -2.49. The quantitative estimate of drug-likeness (QED) is 0.461. The first-order chi connectivity index (χ1) is 10.1. The van der Waals surface area contributed by atoms with Gasteiger partial charge in [-0.1, -0.05) is 0 Å². The number of benzene rings is 1. The van der Waals surface area contributed by atoms with Crippen LogP contribution < -0.4 is 11.5 Å². The Hall–Kier alpha value is -1.26. The first-order valence-electron chi connectivity index (χ1n) is 8.14. The highest BCUT2D eigenvalue weighted by Gasteiger charge is 2.23. The van der Waals surface area contributed by atoms with Crippen LogP contribution in [-0.2, 0) is 11.2 Å². The topological polar surface area (TPSA) is 61.3 Å². The number of nitrogen functional groups attached to an aromatic ring is 2. The van der Waals surface area contributed by atoms with Gasteiger partial charge in [0.1, 0.15) is 6.54 Å². The SMILES string of the molecule is C[N+]1(CCOCCCc2cc(N)ccc2N)CCCCC1. The van der Waals surface area contributed by atoms with Crippen molar-refractivity contribution in [1.82, 2.24) is 0 Å². The van der Waals surface area contributed by atoms with Crippen molar-refractivity contribution in [2.75, 3.05) is 51.4 Å². The van der Waals surface area contributed by atoms with Gasteiger partial charge in [0.15, 0.2) is 0 Å². The minimum absolute atomic E-state index is 0.780. The highest BCUT2D eigenvalue weighted by Crippen LogP contribution is 2.18. The summed E-state index contributed by atoms with van der Waals surface area (Å²) in [6, 6.07) is 5.69. The standard InChI is InChI=1S/C17H30N3O/c1-20(9-3-2-4-10-20)11-13-21-12-5-6-15-14-16(18)7-8-17(15)19/h7-8,14H,2-6,9-13,18-19H2,1H3/q+1. The summed E-state index contributed by atoms with van der Waals surface area (Å²) in [5.74, 6) is 0. The summed E-state index contributed by atoms with van der Waals surface area (Å²) >= 11 is 0. The van der Waals surface area contributed by atoms with Crippen LogP contribution >= 0.6 is 0 Å². The zero-order chi connectivity index (χ0) is 15.1. The number of nitrogens with two attached hydrogens (primary N) is 2. The van der Waals surface area contributed by atoms with Crippen molar-refractivity contribution in [1.29, 1.82) is 0 Å². The third kappa shape index (κ3) is 5.21. The predicted octanol–water partition coefficient (Wildman–Crippen LogP) is 2.43.